The van der Waals surface area contributed by atoms with E-state index in [1.165, 1.54) is 12.1 Å². The molecule has 0 radical (unpaired) electrons. The quantitative estimate of drug-likeness (QED) is 0.447. The number of esters is 1. The van der Waals surface area contributed by atoms with Crippen molar-refractivity contribution in [2.24, 2.45) is 0 Å². The number of halogens is 3. The highest BCUT2D eigenvalue weighted by Gasteiger charge is 2.30. The predicted molar refractivity (Wildman–Crippen MR) is 110 cm³/mol. The summed E-state index contributed by atoms with van der Waals surface area (Å²) in [4.78, 5) is 22.9. The van der Waals surface area contributed by atoms with Crippen LogP contribution in [-0.2, 0) is 17.5 Å². The summed E-state index contributed by atoms with van der Waals surface area (Å²) in [6.45, 7) is 3.68. The summed E-state index contributed by atoms with van der Waals surface area (Å²) in [5, 5.41) is 12.4. The maximum Gasteiger partial charge on any atom is 0.416 e. The normalized spacial score (nSPS) is 11.8. The minimum atomic E-state index is -4.48. The van der Waals surface area contributed by atoms with Gasteiger partial charge in [0.05, 0.1) is 17.6 Å². The summed E-state index contributed by atoms with van der Waals surface area (Å²) in [6, 6.07) is 4.65. The van der Waals surface area contributed by atoms with Gasteiger partial charge < -0.3 is 10.5 Å². The Kier molecular flexibility index (Phi) is 5.50. The van der Waals surface area contributed by atoms with Crippen LogP contribution in [0.5, 0.6) is 0 Å². The summed E-state index contributed by atoms with van der Waals surface area (Å²) in [5.41, 5.74) is 6.09. The van der Waals surface area contributed by atoms with Crippen molar-refractivity contribution in [3.63, 3.8) is 0 Å². The van der Waals surface area contributed by atoms with Gasteiger partial charge in [0.2, 0.25) is 5.82 Å². The number of alkyl halides is 3. The topological polar surface area (TPSA) is 122 Å². The molecule has 3 heterocycles. The van der Waals surface area contributed by atoms with E-state index in [1.807, 2.05) is 0 Å². The van der Waals surface area contributed by atoms with Gasteiger partial charge in [0.15, 0.2) is 5.82 Å². The number of ether oxygens (including phenoxy) is 1. The monoisotopic (exact) mass is 463 g/mol. The zero-order valence-corrected chi connectivity index (χ0v) is 17.7. The van der Waals surface area contributed by atoms with Crippen LogP contribution in [0.25, 0.3) is 21.6 Å². The molecule has 32 heavy (non-hydrogen) atoms. The molecular formula is C19H16F3N7O2S. The number of nitrogens with zero attached hydrogens (tertiary/aromatic N) is 6. The van der Waals surface area contributed by atoms with Gasteiger partial charge >= 0.3 is 12.1 Å². The van der Waals surface area contributed by atoms with Crippen molar-refractivity contribution >= 4 is 33.3 Å². The molecular weight excluding hydrogens is 447 g/mol. The molecule has 0 fully saturated rings. The fourth-order valence-corrected chi connectivity index (χ4v) is 4.17. The van der Waals surface area contributed by atoms with Crippen molar-refractivity contribution < 1.29 is 22.7 Å². The standard InChI is InChI=1S/C19H16F3N7O2S/c1-3-31-18(30)14-9(2)13-15(23)24-12(25-17(13)32-14)8-29-27-16(26-28-29)10-5-4-6-11(7-10)19(20,21)22/h4-7H,3,8H2,1-2H3,(H2,23,24,25). The van der Waals surface area contributed by atoms with E-state index in [0.717, 1.165) is 28.3 Å². The molecule has 2 N–H and O–H groups in total. The summed E-state index contributed by atoms with van der Waals surface area (Å²) >= 11 is 1.14. The number of rotatable bonds is 5. The Hall–Kier alpha value is -3.61. The zero-order chi connectivity index (χ0) is 23.0. The number of benzene rings is 1. The average molecular weight is 463 g/mol. The molecule has 0 bridgehead atoms. The van der Waals surface area contributed by atoms with Crippen LogP contribution in [0.1, 0.15) is 33.5 Å². The van der Waals surface area contributed by atoms with E-state index in [1.54, 1.807) is 13.8 Å². The number of hydrogen-bond acceptors (Lipinski definition) is 9. The third-order valence-corrected chi connectivity index (χ3v) is 5.67. The number of anilines is 1. The van der Waals surface area contributed by atoms with Crippen molar-refractivity contribution in [3.8, 4) is 11.4 Å². The molecule has 9 nitrogen and oxygen atoms in total. The van der Waals surface area contributed by atoms with Crippen LogP contribution < -0.4 is 5.73 Å². The molecule has 166 valence electrons. The van der Waals surface area contributed by atoms with Crippen molar-refractivity contribution in [1.29, 1.82) is 0 Å². The van der Waals surface area contributed by atoms with E-state index in [9.17, 15) is 18.0 Å². The first-order valence-corrected chi connectivity index (χ1v) is 10.2. The Bertz CT molecular complexity index is 1320. The van der Waals surface area contributed by atoms with Crippen LogP contribution in [-0.4, -0.2) is 42.8 Å². The van der Waals surface area contributed by atoms with Gasteiger partial charge in [-0.15, -0.1) is 21.5 Å². The minimum absolute atomic E-state index is 0.0161. The number of nitrogens with two attached hydrogens (primary N) is 1. The second-order valence-corrected chi connectivity index (χ2v) is 7.70. The fraction of sp³-hybridized carbons (Fsp3) is 0.263. The summed E-state index contributed by atoms with van der Waals surface area (Å²) in [5.74, 6) is 0.0199. The third kappa shape index (κ3) is 4.10. The highest BCUT2D eigenvalue weighted by molar-refractivity contribution is 7.20. The first kappa shape index (κ1) is 21.6. The predicted octanol–water partition coefficient (Wildman–Crippen LogP) is 3.48. The Labute approximate surface area is 183 Å². The first-order chi connectivity index (χ1) is 15.2. The van der Waals surface area contributed by atoms with E-state index in [2.05, 4.69) is 25.4 Å². The van der Waals surface area contributed by atoms with Gasteiger partial charge in [-0.1, -0.05) is 12.1 Å². The number of fused-ring (bicyclic) bond motifs is 1. The number of hydrogen-bond donors (Lipinski definition) is 1. The number of thiophene rings is 1. The first-order valence-electron chi connectivity index (χ1n) is 9.35. The highest BCUT2D eigenvalue weighted by atomic mass is 32.1. The van der Waals surface area contributed by atoms with Gasteiger partial charge in [0.1, 0.15) is 22.1 Å². The van der Waals surface area contributed by atoms with E-state index in [-0.39, 0.29) is 36.2 Å². The van der Waals surface area contributed by atoms with Gasteiger partial charge in [-0.2, -0.15) is 18.0 Å². The smallest absolute Gasteiger partial charge is 0.416 e. The maximum atomic E-state index is 12.9. The van der Waals surface area contributed by atoms with Crippen LogP contribution in [0.3, 0.4) is 0 Å². The van der Waals surface area contributed by atoms with Crippen molar-refractivity contribution in [3.05, 3.63) is 46.1 Å². The zero-order valence-electron chi connectivity index (χ0n) is 16.8. The molecule has 0 unspecified atom stereocenters. The number of tetrazole rings is 1. The lowest BCUT2D eigenvalue weighted by molar-refractivity contribution is -0.137. The molecule has 0 aliphatic heterocycles. The molecule has 4 rings (SSSR count). The lowest BCUT2D eigenvalue weighted by Crippen LogP contribution is -2.09. The Morgan fingerprint density at radius 3 is 2.78 bits per heavy atom. The number of nitrogen functional groups attached to an aromatic ring is 1. The highest BCUT2D eigenvalue weighted by Crippen LogP contribution is 2.33. The van der Waals surface area contributed by atoms with Crippen molar-refractivity contribution in [2.45, 2.75) is 26.6 Å². The Morgan fingerprint density at radius 1 is 1.28 bits per heavy atom. The second-order valence-electron chi connectivity index (χ2n) is 6.70. The molecule has 0 saturated heterocycles. The van der Waals surface area contributed by atoms with Crippen LogP contribution in [0, 0.1) is 6.92 Å². The van der Waals surface area contributed by atoms with Crippen molar-refractivity contribution in [2.75, 3.05) is 12.3 Å². The van der Waals surface area contributed by atoms with E-state index in [0.29, 0.717) is 20.7 Å². The molecule has 1 aromatic carbocycles. The number of carbonyl (C=O) groups excluding carboxylic acids is 1. The van der Waals surface area contributed by atoms with Crippen LogP contribution in [0.15, 0.2) is 24.3 Å². The SMILES string of the molecule is CCOC(=O)c1sc2nc(Cn3nnc(-c4cccc(C(F)(F)F)c4)n3)nc(N)c2c1C. The van der Waals surface area contributed by atoms with Crippen LogP contribution in [0.2, 0.25) is 0 Å². The second kappa shape index (κ2) is 8.15. The summed E-state index contributed by atoms with van der Waals surface area (Å²) in [7, 11) is 0. The van der Waals surface area contributed by atoms with Crippen LogP contribution in [0.4, 0.5) is 19.0 Å². The summed E-state index contributed by atoms with van der Waals surface area (Å²) in [6.07, 6.45) is -4.48. The number of carbonyl (C=O) groups is 1. The lowest BCUT2D eigenvalue weighted by atomic mass is 10.1. The van der Waals surface area contributed by atoms with Gasteiger partial charge in [-0.25, -0.2) is 14.8 Å². The third-order valence-electron chi connectivity index (χ3n) is 4.51. The molecule has 13 heteroatoms. The molecule has 0 aliphatic carbocycles. The van der Waals surface area contributed by atoms with E-state index >= 15 is 0 Å². The van der Waals surface area contributed by atoms with Gasteiger partial charge in [0.25, 0.3) is 0 Å². The molecule has 0 aliphatic rings. The van der Waals surface area contributed by atoms with Crippen molar-refractivity contribution in [1.82, 2.24) is 30.2 Å². The molecule has 4 aromatic rings. The van der Waals surface area contributed by atoms with E-state index < -0.39 is 17.7 Å². The number of aryl methyl sites for hydroxylation is 1. The maximum absolute atomic E-state index is 12.9. The Morgan fingerprint density at radius 2 is 2.06 bits per heavy atom. The molecule has 0 atom stereocenters. The fourth-order valence-electron chi connectivity index (χ4n) is 3.06. The van der Waals surface area contributed by atoms with Gasteiger partial charge in [0, 0.05) is 5.56 Å². The molecule has 3 aromatic heterocycles. The summed E-state index contributed by atoms with van der Waals surface area (Å²) < 4.78 is 43.9. The van der Waals surface area contributed by atoms with E-state index in [4.69, 9.17) is 10.5 Å². The molecule has 0 spiro atoms. The molecule has 0 amide bonds. The largest absolute Gasteiger partial charge is 0.462 e. The van der Waals surface area contributed by atoms with Crippen LogP contribution >= 0.6 is 11.3 Å². The number of aromatic nitrogens is 6. The lowest BCUT2D eigenvalue weighted by Gasteiger charge is -2.06. The molecule has 0 saturated carbocycles. The Balaban J connectivity index is 1.62. The van der Waals surface area contributed by atoms with Gasteiger partial charge in [-0.3, -0.25) is 0 Å². The average Bonchev–Trinajstić information content (AvgIpc) is 3.32. The van der Waals surface area contributed by atoms with Gasteiger partial charge in [-0.05, 0) is 36.8 Å². The minimum Gasteiger partial charge on any atom is -0.462 e.